The third-order valence-electron chi connectivity index (χ3n) is 6.54. The highest BCUT2D eigenvalue weighted by atomic mass is 32.1. The Bertz CT molecular complexity index is 1280. The van der Waals surface area contributed by atoms with Crippen LogP contribution in [0.1, 0.15) is 34.0 Å². The SMILES string of the molecule is C=CCC1(C(=O)O)CN(C(=O)c2csc(NC(=O)OCC3c4ccccc4-c4ccccc43)n2)C1. The number of aliphatic carboxylic acids is 1. The Morgan fingerprint density at radius 1 is 1.14 bits per heavy atom. The highest BCUT2D eigenvalue weighted by Crippen LogP contribution is 2.44. The molecule has 1 fully saturated rings. The average molecular weight is 490 g/mol. The standard InChI is InChI=1S/C26H23N3O5S/c1-2-11-26(23(31)32)14-29(15-26)22(30)21-13-35-24(27-21)28-25(33)34-12-20-18-9-5-3-7-16(18)17-8-4-6-10-19(17)20/h2-10,13,20H,1,11-12,14-15H2,(H,31,32)(H,27,28,33). The molecule has 0 saturated carbocycles. The van der Waals surface area contributed by atoms with E-state index in [1.807, 2.05) is 36.4 Å². The van der Waals surface area contributed by atoms with Gasteiger partial charge in [0.2, 0.25) is 0 Å². The second-order valence-corrected chi connectivity index (χ2v) is 9.59. The Morgan fingerprint density at radius 3 is 2.37 bits per heavy atom. The van der Waals surface area contributed by atoms with Gasteiger partial charge in [-0.15, -0.1) is 17.9 Å². The zero-order chi connectivity index (χ0) is 24.6. The largest absolute Gasteiger partial charge is 0.481 e. The molecule has 178 valence electrons. The van der Waals surface area contributed by atoms with Crippen molar-refractivity contribution in [2.24, 2.45) is 5.41 Å². The molecule has 8 nitrogen and oxygen atoms in total. The molecule has 1 aromatic heterocycles. The molecule has 5 rings (SSSR count). The number of rotatable bonds is 7. The summed E-state index contributed by atoms with van der Waals surface area (Å²) < 4.78 is 5.52. The van der Waals surface area contributed by atoms with Gasteiger partial charge in [-0.05, 0) is 28.7 Å². The molecule has 1 aliphatic heterocycles. The van der Waals surface area contributed by atoms with Crippen LogP contribution in [0.3, 0.4) is 0 Å². The number of carbonyl (C=O) groups is 3. The van der Waals surface area contributed by atoms with Gasteiger partial charge in [0.25, 0.3) is 5.91 Å². The van der Waals surface area contributed by atoms with Gasteiger partial charge in [0.15, 0.2) is 5.13 Å². The van der Waals surface area contributed by atoms with Crippen molar-refractivity contribution < 1.29 is 24.2 Å². The normalized spacial score (nSPS) is 15.5. The second-order valence-electron chi connectivity index (χ2n) is 8.73. The summed E-state index contributed by atoms with van der Waals surface area (Å²) >= 11 is 1.11. The molecule has 2 amide bonds. The van der Waals surface area contributed by atoms with E-state index >= 15 is 0 Å². The summed E-state index contributed by atoms with van der Waals surface area (Å²) in [5.41, 5.74) is 3.69. The van der Waals surface area contributed by atoms with Crippen LogP contribution < -0.4 is 5.32 Å². The summed E-state index contributed by atoms with van der Waals surface area (Å²) in [4.78, 5) is 42.3. The predicted molar refractivity (Wildman–Crippen MR) is 132 cm³/mol. The summed E-state index contributed by atoms with van der Waals surface area (Å²) in [5, 5.41) is 13.8. The fourth-order valence-corrected chi connectivity index (χ4v) is 5.44. The number of likely N-dealkylation sites (tertiary alicyclic amines) is 1. The first-order chi connectivity index (χ1) is 16.9. The molecule has 0 atom stereocenters. The quantitative estimate of drug-likeness (QED) is 0.469. The fourth-order valence-electron chi connectivity index (χ4n) is 4.77. The predicted octanol–water partition coefficient (Wildman–Crippen LogP) is 4.61. The van der Waals surface area contributed by atoms with E-state index in [0.29, 0.717) is 0 Å². The number of ether oxygens (including phenoxy) is 1. The molecule has 2 heterocycles. The number of thiazole rings is 1. The summed E-state index contributed by atoms with van der Waals surface area (Å²) in [6, 6.07) is 16.2. The van der Waals surface area contributed by atoms with Gasteiger partial charge < -0.3 is 14.7 Å². The van der Waals surface area contributed by atoms with Gasteiger partial charge in [0.1, 0.15) is 17.7 Å². The van der Waals surface area contributed by atoms with Crippen molar-refractivity contribution in [1.82, 2.24) is 9.88 Å². The molecule has 1 aliphatic carbocycles. The summed E-state index contributed by atoms with van der Waals surface area (Å²) in [6.45, 7) is 3.97. The van der Waals surface area contributed by atoms with E-state index in [1.54, 1.807) is 6.08 Å². The van der Waals surface area contributed by atoms with Crippen LogP contribution in [0.5, 0.6) is 0 Å². The zero-order valence-corrected chi connectivity index (χ0v) is 19.6. The van der Waals surface area contributed by atoms with E-state index in [-0.39, 0.29) is 48.8 Å². The maximum absolute atomic E-state index is 12.7. The van der Waals surface area contributed by atoms with Crippen molar-refractivity contribution in [3.05, 3.63) is 83.4 Å². The zero-order valence-electron chi connectivity index (χ0n) is 18.8. The molecule has 1 saturated heterocycles. The lowest BCUT2D eigenvalue weighted by molar-refractivity contribution is -0.157. The minimum absolute atomic E-state index is 0.0573. The Balaban J connectivity index is 1.19. The van der Waals surface area contributed by atoms with Gasteiger partial charge in [0, 0.05) is 24.4 Å². The van der Waals surface area contributed by atoms with Crippen LogP contribution in [0.25, 0.3) is 11.1 Å². The van der Waals surface area contributed by atoms with Crippen molar-refractivity contribution in [2.75, 3.05) is 25.0 Å². The number of allylic oxidation sites excluding steroid dienone is 1. The van der Waals surface area contributed by atoms with Crippen LogP contribution in [0, 0.1) is 5.41 Å². The first kappa shape index (κ1) is 22.8. The third-order valence-corrected chi connectivity index (χ3v) is 7.30. The van der Waals surface area contributed by atoms with Crippen LogP contribution in [-0.2, 0) is 9.53 Å². The Hall–Kier alpha value is -3.98. The van der Waals surface area contributed by atoms with Crippen molar-refractivity contribution >= 4 is 34.4 Å². The van der Waals surface area contributed by atoms with E-state index in [1.165, 1.54) is 10.3 Å². The lowest BCUT2D eigenvalue weighted by Crippen LogP contribution is -2.62. The van der Waals surface area contributed by atoms with Gasteiger partial charge >= 0.3 is 12.1 Å². The smallest absolute Gasteiger partial charge is 0.413 e. The molecular weight excluding hydrogens is 466 g/mol. The summed E-state index contributed by atoms with van der Waals surface area (Å²) in [6.07, 6.45) is 1.19. The number of aromatic nitrogens is 1. The lowest BCUT2D eigenvalue weighted by Gasteiger charge is -2.46. The fraction of sp³-hybridized carbons (Fsp3) is 0.231. The molecule has 0 bridgehead atoms. The molecule has 0 unspecified atom stereocenters. The van der Waals surface area contributed by atoms with Crippen molar-refractivity contribution in [1.29, 1.82) is 0 Å². The van der Waals surface area contributed by atoms with Gasteiger partial charge in [-0.1, -0.05) is 54.6 Å². The Labute approximate surface area is 205 Å². The van der Waals surface area contributed by atoms with Crippen LogP contribution in [0.15, 0.2) is 66.6 Å². The number of anilines is 1. The highest BCUT2D eigenvalue weighted by molar-refractivity contribution is 7.14. The van der Waals surface area contributed by atoms with Crippen LogP contribution in [-0.4, -0.2) is 52.7 Å². The van der Waals surface area contributed by atoms with E-state index in [4.69, 9.17) is 4.74 Å². The molecule has 9 heteroatoms. The van der Waals surface area contributed by atoms with Gasteiger partial charge in [-0.2, -0.15) is 0 Å². The van der Waals surface area contributed by atoms with E-state index in [2.05, 4.69) is 29.0 Å². The number of hydrogen-bond donors (Lipinski definition) is 2. The highest BCUT2D eigenvalue weighted by Gasteiger charge is 2.50. The number of carboxylic acids is 1. The number of nitrogens with zero attached hydrogens (tertiary/aromatic N) is 2. The number of fused-ring (bicyclic) bond motifs is 3. The minimum Gasteiger partial charge on any atom is -0.481 e. The number of amides is 2. The first-order valence-corrected chi connectivity index (χ1v) is 12.0. The lowest BCUT2D eigenvalue weighted by atomic mass is 9.76. The van der Waals surface area contributed by atoms with Crippen LogP contribution in [0.4, 0.5) is 9.93 Å². The molecule has 2 aromatic carbocycles. The third kappa shape index (κ3) is 4.08. The van der Waals surface area contributed by atoms with Crippen molar-refractivity contribution in [3.63, 3.8) is 0 Å². The van der Waals surface area contributed by atoms with E-state index < -0.39 is 17.5 Å². The molecule has 2 N–H and O–H groups in total. The van der Waals surface area contributed by atoms with Gasteiger partial charge in [-0.3, -0.25) is 14.9 Å². The maximum Gasteiger partial charge on any atom is 0.413 e. The van der Waals surface area contributed by atoms with Crippen LogP contribution in [0.2, 0.25) is 0 Å². The Morgan fingerprint density at radius 2 is 1.77 bits per heavy atom. The van der Waals surface area contributed by atoms with E-state index in [9.17, 15) is 19.5 Å². The average Bonchev–Trinajstić information content (AvgIpc) is 3.42. The second kappa shape index (κ2) is 8.99. The molecular formula is C26H23N3O5S. The number of hydrogen-bond acceptors (Lipinski definition) is 6. The number of nitrogens with one attached hydrogen (secondary N) is 1. The first-order valence-electron chi connectivity index (χ1n) is 11.1. The van der Waals surface area contributed by atoms with Crippen LogP contribution >= 0.6 is 11.3 Å². The summed E-state index contributed by atoms with van der Waals surface area (Å²) in [5.74, 6) is -1.38. The molecule has 35 heavy (non-hydrogen) atoms. The minimum atomic E-state index is -0.990. The molecule has 3 aromatic rings. The van der Waals surface area contributed by atoms with Crippen molar-refractivity contribution in [3.8, 4) is 11.1 Å². The van der Waals surface area contributed by atoms with Crippen molar-refractivity contribution in [2.45, 2.75) is 12.3 Å². The molecule has 2 aliphatic rings. The topological polar surface area (TPSA) is 109 Å². The van der Waals surface area contributed by atoms with Gasteiger partial charge in [0.05, 0.1) is 0 Å². The number of carboxylic acid groups (broad SMARTS) is 1. The molecule has 0 radical (unpaired) electrons. The summed E-state index contributed by atoms with van der Waals surface area (Å²) in [7, 11) is 0. The monoisotopic (exact) mass is 489 g/mol. The van der Waals surface area contributed by atoms with E-state index in [0.717, 1.165) is 33.6 Å². The maximum atomic E-state index is 12.7. The number of carbonyl (C=O) groups excluding carboxylic acids is 2. The number of benzene rings is 2. The molecule has 0 spiro atoms. The Kier molecular flexibility index (Phi) is 5.86. The van der Waals surface area contributed by atoms with Gasteiger partial charge in [-0.25, -0.2) is 9.78 Å².